The molecule has 1 aromatic heterocycles. The summed E-state index contributed by atoms with van der Waals surface area (Å²) in [4.78, 5) is 30.8. The van der Waals surface area contributed by atoms with Gasteiger partial charge < -0.3 is 9.79 Å². The number of allylic oxidation sites excluding steroid dienone is 1. The van der Waals surface area contributed by atoms with Crippen LogP contribution >= 0.6 is 0 Å². The van der Waals surface area contributed by atoms with Crippen LogP contribution in [-0.4, -0.2) is 43.4 Å². The number of piperidine rings is 1. The molecule has 2 fully saturated rings. The van der Waals surface area contributed by atoms with Crippen LogP contribution in [0.25, 0.3) is 0 Å². The van der Waals surface area contributed by atoms with E-state index < -0.39 is 15.8 Å². The Balaban J connectivity index is 1.22. The summed E-state index contributed by atoms with van der Waals surface area (Å²) in [5, 5.41) is 5.20. The SMILES string of the molecule is NS(=O)(=O)c1ccc(F)c(CC2CCN(C(=O)c3cc(OOC4CC=CCC4)nc(C4CC4)c3)CC2)c1. The highest BCUT2D eigenvalue weighted by molar-refractivity contribution is 7.89. The molecule has 0 spiro atoms. The van der Waals surface area contributed by atoms with Gasteiger partial charge in [-0.1, -0.05) is 12.2 Å². The molecule has 198 valence electrons. The van der Waals surface area contributed by atoms with E-state index in [1.807, 2.05) is 6.07 Å². The molecule has 10 heteroatoms. The average Bonchev–Trinajstić information content (AvgIpc) is 3.74. The second-order valence-corrected chi connectivity index (χ2v) is 11.8. The lowest BCUT2D eigenvalue weighted by atomic mass is 9.89. The third kappa shape index (κ3) is 6.55. The minimum Gasteiger partial charge on any atom is -0.339 e. The fourth-order valence-corrected chi connectivity index (χ4v) is 5.53. The van der Waals surface area contributed by atoms with Gasteiger partial charge in [0.1, 0.15) is 11.9 Å². The quantitative estimate of drug-likeness (QED) is 0.311. The third-order valence-corrected chi connectivity index (χ3v) is 8.22. The highest BCUT2D eigenvalue weighted by Crippen LogP contribution is 2.40. The molecular formula is C27H32FN3O5S. The van der Waals surface area contributed by atoms with Crippen molar-refractivity contribution >= 4 is 15.9 Å². The number of primary sulfonamides is 1. The molecule has 0 bridgehead atoms. The van der Waals surface area contributed by atoms with Crippen molar-refractivity contribution in [2.45, 2.75) is 68.3 Å². The molecule has 1 amide bonds. The number of benzene rings is 1. The van der Waals surface area contributed by atoms with Crippen LogP contribution in [0.4, 0.5) is 4.39 Å². The Kier molecular flexibility index (Phi) is 7.60. The number of sulfonamides is 1. The zero-order chi connectivity index (χ0) is 26.0. The second kappa shape index (κ2) is 10.9. The maximum Gasteiger partial charge on any atom is 0.257 e. The highest BCUT2D eigenvalue weighted by Gasteiger charge is 2.30. The summed E-state index contributed by atoms with van der Waals surface area (Å²) in [5.74, 6) is 0.249. The summed E-state index contributed by atoms with van der Waals surface area (Å²) >= 11 is 0. The van der Waals surface area contributed by atoms with Crippen LogP contribution in [0.15, 0.2) is 47.4 Å². The molecule has 5 rings (SSSR count). The maximum absolute atomic E-state index is 14.3. The van der Waals surface area contributed by atoms with E-state index in [2.05, 4.69) is 17.1 Å². The van der Waals surface area contributed by atoms with Gasteiger partial charge in [0.25, 0.3) is 11.8 Å². The minimum absolute atomic E-state index is 0.0231. The van der Waals surface area contributed by atoms with Crippen LogP contribution in [0.3, 0.4) is 0 Å². The molecule has 2 heterocycles. The summed E-state index contributed by atoms with van der Waals surface area (Å²) in [6, 6.07) is 7.13. The number of rotatable bonds is 8. The number of halogens is 1. The Labute approximate surface area is 216 Å². The van der Waals surface area contributed by atoms with Gasteiger partial charge in [-0.3, -0.25) is 4.79 Å². The second-order valence-electron chi connectivity index (χ2n) is 10.2. The molecule has 2 aromatic rings. The van der Waals surface area contributed by atoms with Crippen LogP contribution < -0.4 is 10.0 Å². The summed E-state index contributed by atoms with van der Waals surface area (Å²) in [5.41, 5.74) is 1.72. The molecule has 37 heavy (non-hydrogen) atoms. The van der Waals surface area contributed by atoms with E-state index in [1.54, 1.807) is 11.0 Å². The Hall–Kier alpha value is -2.82. The van der Waals surface area contributed by atoms with Crippen LogP contribution in [0.5, 0.6) is 5.88 Å². The van der Waals surface area contributed by atoms with Gasteiger partial charge in [0.05, 0.1) is 4.90 Å². The monoisotopic (exact) mass is 529 g/mol. The summed E-state index contributed by atoms with van der Waals surface area (Å²) in [6.45, 7) is 1.06. The molecule has 2 N–H and O–H groups in total. The molecule has 3 aliphatic rings. The topological polar surface area (TPSA) is 112 Å². The Morgan fingerprint density at radius 3 is 2.54 bits per heavy atom. The van der Waals surface area contributed by atoms with E-state index in [-0.39, 0.29) is 22.8 Å². The zero-order valence-corrected chi connectivity index (χ0v) is 21.5. The lowest BCUT2D eigenvalue weighted by molar-refractivity contribution is -0.248. The first-order valence-corrected chi connectivity index (χ1v) is 14.4. The molecule has 1 aromatic carbocycles. The third-order valence-electron chi connectivity index (χ3n) is 7.31. The Morgan fingerprint density at radius 2 is 1.86 bits per heavy atom. The summed E-state index contributed by atoms with van der Waals surface area (Å²) < 4.78 is 37.6. The normalized spacial score (nSPS) is 20.7. The number of hydrogen-bond donors (Lipinski definition) is 1. The van der Waals surface area contributed by atoms with Crippen molar-refractivity contribution in [1.82, 2.24) is 9.88 Å². The number of carbonyl (C=O) groups is 1. The van der Waals surface area contributed by atoms with Gasteiger partial charge >= 0.3 is 0 Å². The number of nitrogens with zero attached hydrogens (tertiary/aromatic N) is 2. The van der Waals surface area contributed by atoms with Crippen LogP contribution in [0.2, 0.25) is 0 Å². The van der Waals surface area contributed by atoms with Gasteiger partial charge in [0.15, 0.2) is 0 Å². The number of nitrogens with two attached hydrogens (primary N) is 1. The van der Waals surface area contributed by atoms with Crippen molar-refractivity contribution in [3.63, 3.8) is 0 Å². The standard InChI is InChI=1S/C27H32FN3O5S/c28-24-9-8-23(37(29,33)34)15-20(24)14-18-10-12-31(13-11-18)27(32)21-16-25(19-6-7-19)30-26(17-21)36-35-22-4-2-1-3-5-22/h1-2,8-9,15-19,22H,3-7,10-14H2,(H2,29,33,34). The number of amides is 1. The average molecular weight is 530 g/mol. The van der Waals surface area contributed by atoms with Crippen LogP contribution in [0, 0.1) is 11.7 Å². The number of pyridine rings is 1. The van der Waals surface area contributed by atoms with E-state index >= 15 is 0 Å². The molecule has 1 saturated carbocycles. The molecule has 8 nitrogen and oxygen atoms in total. The first kappa shape index (κ1) is 25.8. The van der Waals surface area contributed by atoms with Crippen molar-refractivity contribution in [1.29, 1.82) is 0 Å². The fraction of sp³-hybridized carbons (Fsp3) is 0.481. The van der Waals surface area contributed by atoms with Crippen molar-refractivity contribution in [3.8, 4) is 5.88 Å². The van der Waals surface area contributed by atoms with Crippen molar-refractivity contribution in [2.75, 3.05) is 13.1 Å². The van der Waals surface area contributed by atoms with Crippen molar-refractivity contribution in [2.24, 2.45) is 11.1 Å². The Bertz CT molecular complexity index is 1290. The lowest BCUT2D eigenvalue weighted by Crippen LogP contribution is -2.39. The molecular weight excluding hydrogens is 497 g/mol. The van der Waals surface area contributed by atoms with E-state index in [0.717, 1.165) is 43.9 Å². The summed E-state index contributed by atoms with van der Waals surface area (Å²) in [7, 11) is -3.90. The predicted octanol–water partition coefficient (Wildman–Crippen LogP) is 4.26. The first-order chi connectivity index (χ1) is 17.8. The number of hydrogen-bond acceptors (Lipinski definition) is 6. The van der Waals surface area contributed by atoms with Gasteiger partial charge in [-0.05, 0) is 87.1 Å². The smallest absolute Gasteiger partial charge is 0.257 e. The van der Waals surface area contributed by atoms with E-state index in [9.17, 15) is 17.6 Å². The molecule has 2 aliphatic carbocycles. The largest absolute Gasteiger partial charge is 0.339 e. The van der Waals surface area contributed by atoms with E-state index in [0.29, 0.717) is 55.3 Å². The zero-order valence-electron chi connectivity index (χ0n) is 20.6. The lowest BCUT2D eigenvalue weighted by Gasteiger charge is -2.32. The minimum atomic E-state index is -3.90. The van der Waals surface area contributed by atoms with Crippen molar-refractivity contribution < 1.29 is 27.4 Å². The highest BCUT2D eigenvalue weighted by atomic mass is 32.2. The van der Waals surface area contributed by atoms with E-state index in [4.69, 9.17) is 14.9 Å². The van der Waals surface area contributed by atoms with Gasteiger partial charge in [-0.15, -0.1) is 0 Å². The number of aromatic nitrogens is 1. The molecule has 1 saturated heterocycles. The van der Waals surface area contributed by atoms with Crippen molar-refractivity contribution in [3.05, 3.63) is 65.1 Å². The predicted molar refractivity (Wildman–Crippen MR) is 135 cm³/mol. The summed E-state index contributed by atoms with van der Waals surface area (Å²) in [6.07, 6.45) is 10.7. The molecule has 0 radical (unpaired) electrons. The molecule has 1 unspecified atom stereocenters. The van der Waals surface area contributed by atoms with Gasteiger partial charge in [-0.2, -0.15) is 4.89 Å². The van der Waals surface area contributed by atoms with Crippen LogP contribution in [-0.2, 0) is 21.3 Å². The van der Waals surface area contributed by atoms with E-state index in [1.165, 1.54) is 12.1 Å². The Morgan fingerprint density at radius 1 is 1.08 bits per heavy atom. The number of likely N-dealkylation sites (tertiary alicyclic amines) is 1. The van der Waals surface area contributed by atoms with Gasteiger partial charge in [0, 0.05) is 36.3 Å². The molecule has 1 atom stereocenters. The maximum atomic E-state index is 14.3. The molecule has 1 aliphatic heterocycles. The van der Waals surface area contributed by atoms with Gasteiger partial charge in [0.2, 0.25) is 10.0 Å². The number of carbonyl (C=O) groups excluding carboxylic acids is 1. The first-order valence-electron chi connectivity index (χ1n) is 12.9. The fourth-order valence-electron chi connectivity index (χ4n) is 4.97. The van der Waals surface area contributed by atoms with Gasteiger partial charge in [-0.25, -0.2) is 22.9 Å². The van der Waals surface area contributed by atoms with Crippen LogP contribution in [0.1, 0.15) is 72.5 Å².